The van der Waals surface area contributed by atoms with Crippen LogP contribution in [0.3, 0.4) is 0 Å². The van der Waals surface area contributed by atoms with Gasteiger partial charge in [0.05, 0.1) is 0 Å². The number of hydrogen-bond donors (Lipinski definition) is 0. The summed E-state index contributed by atoms with van der Waals surface area (Å²) in [4.78, 5) is 39.4. The molecular weight excluding hydrogens is 346 g/mol. The van der Waals surface area contributed by atoms with E-state index in [0.29, 0.717) is 0 Å². The summed E-state index contributed by atoms with van der Waals surface area (Å²) in [5.41, 5.74) is -2.36. The maximum absolute atomic E-state index is 12.9. The molecule has 0 radical (unpaired) electrons. The van der Waals surface area contributed by atoms with Gasteiger partial charge in [-0.1, -0.05) is 52.8 Å². The average Bonchev–Trinajstić information content (AvgIpc) is 2.48. The van der Waals surface area contributed by atoms with Crippen LogP contribution in [0.15, 0.2) is 24.3 Å². The fraction of sp³-hybridized carbons (Fsp3) is 0.571. The molecule has 0 saturated carbocycles. The average molecular weight is 376 g/mol. The topological polar surface area (TPSA) is 86.7 Å². The summed E-state index contributed by atoms with van der Waals surface area (Å²) in [6, 6.07) is 5.40. The molecule has 0 fully saturated rings. The molecule has 0 aromatic heterocycles. The third kappa shape index (κ3) is 6.38. The van der Waals surface area contributed by atoms with Gasteiger partial charge in [0.1, 0.15) is 11.4 Å². The Balaban J connectivity index is 3.28. The second kappa shape index (κ2) is 7.71. The van der Waals surface area contributed by atoms with E-state index in [0.717, 1.165) is 11.0 Å². The monoisotopic (exact) mass is 376 g/mol. The Morgan fingerprint density at radius 3 is 2.00 bits per heavy atom. The molecule has 0 atom stereocenters. The first-order valence-electron chi connectivity index (χ1n) is 8.91. The van der Waals surface area contributed by atoms with Crippen LogP contribution in [0.2, 0.25) is 0 Å². The molecule has 0 unspecified atom stereocenters. The largest absolute Gasteiger partial charge is 0.872 e. The lowest BCUT2D eigenvalue weighted by atomic mass is 9.74. The molecule has 2 amide bonds. The van der Waals surface area contributed by atoms with Crippen LogP contribution in [0.25, 0.3) is 0 Å². The van der Waals surface area contributed by atoms with Gasteiger partial charge in [0.25, 0.3) is 5.91 Å². The van der Waals surface area contributed by atoms with Crippen LogP contribution < -0.4 is 5.11 Å². The number of imide groups is 1. The molecule has 1 rings (SSSR count). The summed E-state index contributed by atoms with van der Waals surface area (Å²) in [7, 11) is 0. The highest BCUT2D eigenvalue weighted by molar-refractivity contribution is 6.03. The number of Topliss-reactive ketones (excluding diaryl/α,β-unsaturated/α-hetero) is 1. The Morgan fingerprint density at radius 2 is 1.56 bits per heavy atom. The van der Waals surface area contributed by atoms with Crippen molar-refractivity contribution in [2.75, 3.05) is 6.54 Å². The third-order valence-electron chi connectivity index (χ3n) is 3.79. The van der Waals surface area contributed by atoms with E-state index in [1.807, 2.05) is 0 Å². The van der Waals surface area contributed by atoms with Gasteiger partial charge in [-0.15, -0.1) is 5.75 Å². The Bertz CT molecular complexity index is 723. The Hall–Kier alpha value is -2.37. The fourth-order valence-corrected chi connectivity index (χ4v) is 2.80. The van der Waals surface area contributed by atoms with E-state index in [1.165, 1.54) is 18.2 Å². The molecule has 150 valence electrons. The van der Waals surface area contributed by atoms with E-state index in [4.69, 9.17) is 4.74 Å². The first kappa shape index (κ1) is 22.7. The molecule has 0 spiro atoms. The Kier molecular flexibility index (Phi) is 6.47. The zero-order valence-corrected chi connectivity index (χ0v) is 17.5. The first-order chi connectivity index (χ1) is 12.0. The molecule has 0 saturated heterocycles. The molecule has 6 heteroatoms. The quantitative estimate of drug-likeness (QED) is 0.798. The molecule has 0 heterocycles. The number of benzene rings is 1. The number of carbonyl (C=O) groups excluding carboxylic acids is 3. The van der Waals surface area contributed by atoms with Crippen molar-refractivity contribution in [3.05, 3.63) is 29.8 Å². The van der Waals surface area contributed by atoms with Gasteiger partial charge in [-0.05, 0) is 26.8 Å². The van der Waals surface area contributed by atoms with Gasteiger partial charge in [-0.2, -0.15) is 0 Å². The fourth-order valence-electron chi connectivity index (χ4n) is 2.80. The van der Waals surface area contributed by atoms with Crippen LogP contribution in [0, 0.1) is 10.8 Å². The number of ether oxygens (including phenoxy) is 1. The maximum Gasteiger partial charge on any atom is 0.417 e. The van der Waals surface area contributed by atoms with E-state index >= 15 is 0 Å². The molecule has 6 nitrogen and oxygen atoms in total. The minimum Gasteiger partial charge on any atom is -0.872 e. The van der Waals surface area contributed by atoms with Crippen molar-refractivity contribution in [1.82, 2.24) is 4.90 Å². The lowest BCUT2D eigenvalue weighted by Gasteiger charge is -2.35. The smallest absolute Gasteiger partial charge is 0.417 e. The van der Waals surface area contributed by atoms with Gasteiger partial charge in [0, 0.05) is 22.9 Å². The lowest BCUT2D eigenvalue weighted by Crippen LogP contribution is -2.49. The van der Waals surface area contributed by atoms with E-state index in [1.54, 1.807) is 55.4 Å². The van der Waals surface area contributed by atoms with E-state index in [2.05, 4.69) is 0 Å². The highest BCUT2D eigenvalue weighted by atomic mass is 16.6. The zero-order chi connectivity index (χ0) is 21.2. The van der Waals surface area contributed by atoms with Gasteiger partial charge in [0.2, 0.25) is 0 Å². The van der Waals surface area contributed by atoms with E-state index in [-0.39, 0.29) is 23.6 Å². The van der Waals surface area contributed by atoms with Crippen molar-refractivity contribution < 1.29 is 24.2 Å². The lowest BCUT2D eigenvalue weighted by molar-refractivity contribution is -0.268. The van der Waals surface area contributed by atoms with Crippen molar-refractivity contribution in [3.63, 3.8) is 0 Å². The van der Waals surface area contributed by atoms with Crippen molar-refractivity contribution in [2.45, 2.75) is 61.0 Å². The Labute approximate surface area is 161 Å². The number of amides is 2. The summed E-state index contributed by atoms with van der Waals surface area (Å²) in [5.74, 6) is -1.10. The summed E-state index contributed by atoms with van der Waals surface area (Å²) in [5, 5.41) is 11.6. The van der Waals surface area contributed by atoms with Crippen LogP contribution in [-0.4, -0.2) is 34.8 Å². The second-order valence-corrected chi connectivity index (χ2v) is 9.36. The molecule has 1 aromatic carbocycles. The molecule has 0 bridgehead atoms. The summed E-state index contributed by atoms with van der Waals surface area (Å²) in [6.45, 7) is 13.7. The number of ketones is 1. The van der Waals surface area contributed by atoms with Crippen LogP contribution in [0.5, 0.6) is 5.75 Å². The maximum atomic E-state index is 12.9. The molecule has 0 aliphatic rings. The Morgan fingerprint density at radius 1 is 1.00 bits per heavy atom. The molecule has 1 aromatic rings. The zero-order valence-electron chi connectivity index (χ0n) is 17.5. The van der Waals surface area contributed by atoms with Crippen LogP contribution >= 0.6 is 0 Å². The number of rotatable bonds is 4. The van der Waals surface area contributed by atoms with Gasteiger partial charge >= 0.3 is 6.09 Å². The van der Waals surface area contributed by atoms with Gasteiger partial charge < -0.3 is 9.84 Å². The minimum absolute atomic E-state index is 0.0763. The van der Waals surface area contributed by atoms with Crippen LogP contribution in [0.4, 0.5) is 4.79 Å². The summed E-state index contributed by atoms with van der Waals surface area (Å²) < 4.78 is 5.36. The number of hydrogen-bond acceptors (Lipinski definition) is 5. The van der Waals surface area contributed by atoms with Crippen molar-refractivity contribution in [3.8, 4) is 5.75 Å². The molecule has 0 aliphatic heterocycles. The van der Waals surface area contributed by atoms with Crippen molar-refractivity contribution in [1.29, 1.82) is 0 Å². The van der Waals surface area contributed by atoms with Gasteiger partial charge in [-0.25, -0.2) is 9.69 Å². The normalized spacial score (nSPS) is 12.4. The van der Waals surface area contributed by atoms with E-state index in [9.17, 15) is 19.5 Å². The van der Waals surface area contributed by atoms with Crippen LogP contribution in [-0.2, 0) is 9.53 Å². The second-order valence-electron chi connectivity index (χ2n) is 9.36. The van der Waals surface area contributed by atoms with Gasteiger partial charge in [0.15, 0.2) is 0 Å². The first-order valence-corrected chi connectivity index (χ1v) is 8.91. The number of carbonyl (C=O) groups is 3. The number of nitrogens with zero attached hydrogens (tertiary/aromatic N) is 1. The minimum atomic E-state index is -0.986. The van der Waals surface area contributed by atoms with Gasteiger partial charge in [-0.3, -0.25) is 9.59 Å². The van der Waals surface area contributed by atoms with Crippen molar-refractivity contribution in [2.24, 2.45) is 10.8 Å². The molecule has 0 aliphatic carbocycles. The predicted octanol–water partition coefficient (Wildman–Crippen LogP) is 3.78. The molecular formula is C21H30NO5-. The van der Waals surface area contributed by atoms with E-state index < -0.39 is 28.4 Å². The van der Waals surface area contributed by atoms with Crippen molar-refractivity contribution >= 4 is 17.8 Å². The molecule has 27 heavy (non-hydrogen) atoms. The predicted molar refractivity (Wildman–Crippen MR) is 101 cm³/mol. The summed E-state index contributed by atoms with van der Waals surface area (Å²) in [6.07, 6.45) is -0.849. The highest BCUT2D eigenvalue weighted by Gasteiger charge is 2.41. The summed E-state index contributed by atoms with van der Waals surface area (Å²) >= 11 is 0. The van der Waals surface area contributed by atoms with Crippen LogP contribution in [0.1, 0.15) is 65.7 Å². The molecule has 0 N–H and O–H groups in total. The standard InChI is InChI=1S/C21H31NO5/c1-19(2,3)17(25)21(7,8)13-22(18(26)27-20(4,5)6)16(24)14-10-9-11-15(23)12-14/h9-12,23H,13H2,1-8H3/p-1. The third-order valence-corrected chi connectivity index (χ3v) is 3.79. The SMILES string of the molecule is CC(C)(C)OC(=O)N(CC(C)(C)C(=O)C(C)(C)C)C(=O)c1cccc([O-])c1. The highest BCUT2D eigenvalue weighted by Crippen LogP contribution is 2.31.